The molecule has 0 saturated carbocycles. The van der Waals surface area contributed by atoms with Gasteiger partial charge in [-0.3, -0.25) is 4.98 Å². The fraction of sp³-hybridized carbons (Fsp3) is 0.375. The normalized spacial score (nSPS) is 13.0. The zero-order chi connectivity index (χ0) is 9.84. The Bertz CT molecular complexity index is 281. The third kappa shape index (κ3) is 2.12. The molecule has 0 aliphatic rings. The minimum atomic E-state index is -2.64. The highest BCUT2D eigenvalue weighted by molar-refractivity contribution is 5.29. The number of hydrogen-bond donors (Lipinski definition) is 1. The highest BCUT2D eigenvalue weighted by Crippen LogP contribution is 2.24. The SMILES string of the molecule is COc1cccnc1C(N)C(F)F. The molecular weight excluding hydrogens is 178 g/mol. The Morgan fingerprint density at radius 1 is 1.54 bits per heavy atom. The molecule has 1 atom stereocenters. The Balaban J connectivity index is 2.98. The van der Waals surface area contributed by atoms with Gasteiger partial charge in [0.15, 0.2) is 0 Å². The molecule has 0 aromatic carbocycles. The predicted octanol–water partition coefficient (Wildman–Crippen LogP) is 1.36. The Kier molecular flexibility index (Phi) is 3.13. The molecule has 0 aliphatic carbocycles. The van der Waals surface area contributed by atoms with Crippen LogP contribution in [0.5, 0.6) is 5.75 Å². The molecule has 1 rings (SSSR count). The van der Waals surface area contributed by atoms with E-state index in [1.807, 2.05) is 0 Å². The van der Waals surface area contributed by atoms with Crippen LogP contribution in [-0.4, -0.2) is 18.5 Å². The largest absolute Gasteiger partial charge is 0.495 e. The summed E-state index contributed by atoms with van der Waals surface area (Å²) in [6.07, 6.45) is -1.23. The molecule has 72 valence electrons. The van der Waals surface area contributed by atoms with Gasteiger partial charge >= 0.3 is 0 Å². The van der Waals surface area contributed by atoms with E-state index in [2.05, 4.69) is 4.98 Å². The van der Waals surface area contributed by atoms with Crippen molar-refractivity contribution >= 4 is 0 Å². The fourth-order valence-electron chi connectivity index (χ4n) is 0.945. The number of alkyl halides is 2. The molecule has 0 saturated heterocycles. The number of methoxy groups -OCH3 is 1. The van der Waals surface area contributed by atoms with Crippen LogP contribution in [0, 0.1) is 0 Å². The Morgan fingerprint density at radius 2 is 2.23 bits per heavy atom. The van der Waals surface area contributed by atoms with Crippen LogP contribution in [0.25, 0.3) is 0 Å². The van der Waals surface area contributed by atoms with Crippen LogP contribution in [0.2, 0.25) is 0 Å². The summed E-state index contributed by atoms with van der Waals surface area (Å²) in [6.45, 7) is 0. The van der Waals surface area contributed by atoms with E-state index in [9.17, 15) is 8.78 Å². The zero-order valence-electron chi connectivity index (χ0n) is 7.08. The van der Waals surface area contributed by atoms with Crippen LogP contribution in [0.4, 0.5) is 8.78 Å². The second-order valence-electron chi connectivity index (χ2n) is 2.45. The standard InChI is InChI=1S/C8H10F2N2O/c1-13-5-3-2-4-12-7(5)6(11)8(9)10/h2-4,6,8H,11H2,1H3. The molecule has 1 heterocycles. The minimum absolute atomic E-state index is 0.0833. The van der Waals surface area contributed by atoms with Gasteiger partial charge in [0.2, 0.25) is 0 Å². The molecule has 13 heavy (non-hydrogen) atoms. The first-order valence-electron chi connectivity index (χ1n) is 3.69. The summed E-state index contributed by atoms with van der Waals surface area (Å²) in [7, 11) is 1.39. The van der Waals surface area contributed by atoms with Crippen LogP contribution >= 0.6 is 0 Å². The van der Waals surface area contributed by atoms with Gasteiger partial charge < -0.3 is 10.5 Å². The number of hydrogen-bond acceptors (Lipinski definition) is 3. The van der Waals surface area contributed by atoms with Crippen LogP contribution in [0.15, 0.2) is 18.3 Å². The lowest BCUT2D eigenvalue weighted by molar-refractivity contribution is 0.113. The molecule has 0 spiro atoms. The first kappa shape index (κ1) is 9.85. The van der Waals surface area contributed by atoms with E-state index in [4.69, 9.17) is 10.5 Å². The molecule has 0 bridgehead atoms. The monoisotopic (exact) mass is 188 g/mol. The lowest BCUT2D eigenvalue weighted by Crippen LogP contribution is -2.20. The first-order valence-corrected chi connectivity index (χ1v) is 3.69. The predicted molar refractivity (Wildman–Crippen MR) is 43.7 cm³/mol. The molecule has 0 aliphatic heterocycles. The zero-order valence-corrected chi connectivity index (χ0v) is 7.08. The van der Waals surface area contributed by atoms with Gasteiger partial charge in [-0.1, -0.05) is 0 Å². The second kappa shape index (κ2) is 4.13. The number of pyridine rings is 1. The van der Waals surface area contributed by atoms with Gasteiger partial charge in [0.05, 0.1) is 7.11 Å². The van der Waals surface area contributed by atoms with Gasteiger partial charge in [-0.15, -0.1) is 0 Å². The molecule has 0 amide bonds. The quantitative estimate of drug-likeness (QED) is 0.778. The highest BCUT2D eigenvalue weighted by Gasteiger charge is 2.22. The molecular formula is C8H10F2N2O. The van der Waals surface area contributed by atoms with Crippen molar-refractivity contribution < 1.29 is 13.5 Å². The summed E-state index contributed by atoms with van der Waals surface area (Å²) in [5, 5.41) is 0. The van der Waals surface area contributed by atoms with Crippen molar-refractivity contribution in [2.45, 2.75) is 12.5 Å². The van der Waals surface area contributed by atoms with Crippen LogP contribution in [-0.2, 0) is 0 Å². The summed E-state index contributed by atoms with van der Waals surface area (Å²) >= 11 is 0. The van der Waals surface area contributed by atoms with Gasteiger partial charge in [0.1, 0.15) is 17.5 Å². The van der Waals surface area contributed by atoms with E-state index in [1.54, 1.807) is 12.1 Å². The summed E-state index contributed by atoms with van der Waals surface area (Å²) < 4.78 is 29.3. The van der Waals surface area contributed by atoms with Gasteiger partial charge in [-0.2, -0.15) is 0 Å². The van der Waals surface area contributed by atoms with E-state index in [0.29, 0.717) is 0 Å². The maximum atomic E-state index is 12.2. The maximum absolute atomic E-state index is 12.2. The van der Waals surface area contributed by atoms with Crippen LogP contribution < -0.4 is 10.5 Å². The number of ether oxygens (including phenoxy) is 1. The van der Waals surface area contributed by atoms with Gasteiger partial charge in [0, 0.05) is 6.20 Å². The van der Waals surface area contributed by atoms with Crippen LogP contribution in [0.3, 0.4) is 0 Å². The molecule has 2 N–H and O–H groups in total. The van der Waals surface area contributed by atoms with E-state index < -0.39 is 12.5 Å². The Labute approximate surface area is 74.5 Å². The van der Waals surface area contributed by atoms with E-state index in [0.717, 1.165) is 0 Å². The second-order valence-corrected chi connectivity index (χ2v) is 2.45. The fourth-order valence-corrected chi connectivity index (χ4v) is 0.945. The van der Waals surface area contributed by atoms with Crippen molar-refractivity contribution in [3.8, 4) is 5.75 Å². The van der Waals surface area contributed by atoms with Gasteiger partial charge in [-0.05, 0) is 12.1 Å². The molecule has 1 unspecified atom stereocenters. The Morgan fingerprint density at radius 3 is 2.77 bits per heavy atom. The molecule has 0 radical (unpaired) electrons. The minimum Gasteiger partial charge on any atom is -0.495 e. The van der Waals surface area contributed by atoms with Crippen molar-refractivity contribution in [2.75, 3.05) is 7.11 Å². The number of nitrogens with zero attached hydrogens (tertiary/aromatic N) is 1. The maximum Gasteiger partial charge on any atom is 0.259 e. The molecule has 3 nitrogen and oxygen atoms in total. The number of nitrogens with two attached hydrogens (primary N) is 1. The Hall–Kier alpha value is -1.23. The first-order chi connectivity index (χ1) is 6.16. The molecule has 0 fully saturated rings. The third-order valence-electron chi connectivity index (χ3n) is 1.61. The average molecular weight is 188 g/mol. The van der Waals surface area contributed by atoms with Crippen molar-refractivity contribution in [2.24, 2.45) is 5.73 Å². The van der Waals surface area contributed by atoms with Gasteiger partial charge in [-0.25, -0.2) is 8.78 Å². The third-order valence-corrected chi connectivity index (χ3v) is 1.61. The van der Waals surface area contributed by atoms with E-state index in [-0.39, 0.29) is 11.4 Å². The lowest BCUT2D eigenvalue weighted by Gasteiger charge is -2.12. The summed E-state index contributed by atoms with van der Waals surface area (Å²) in [4.78, 5) is 3.74. The smallest absolute Gasteiger partial charge is 0.259 e. The van der Waals surface area contributed by atoms with Crippen molar-refractivity contribution in [1.82, 2.24) is 4.98 Å². The number of aromatic nitrogens is 1. The topological polar surface area (TPSA) is 48.1 Å². The van der Waals surface area contributed by atoms with Crippen molar-refractivity contribution in [3.63, 3.8) is 0 Å². The van der Waals surface area contributed by atoms with Gasteiger partial charge in [0.25, 0.3) is 6.43 Å². The summed E-state index contributed by atoms with van der Waals surface area (Å²) in [5.74, 6) is 0.287. The molecule has 5 heteroatoms. The molecule has 1 aromatic heterocycles. The van der Waals surface area contributed by atoms with Crippen LogP contribution in [0.1, 0.15) is 11.7 Å². The lowest BCUT2D eigenvalue weighted by atomic mass is 10.2. The van der Waals surface area contributed by atoms with E-state index >= 15 is 0 Å². The van der Waals surface area contributed by atoms with E-state index in [1.165, 1.54) is 13.3 Å². The number of halogens is 2. The van der Waals surface area contributed by atoms with Crippen molar-refractivity contribution in [1.29, 1.82) is 0 Å². The average Bonchev–Trinajstić information content (AvgIpc) is 2.16. The molecule has 1 aromatic rings. The van der Waals surface area contributed by atoms with Crippen molar-refractivity contribution in [3.05, 3.63) is 24.0 Å². The number of rotatable bonds is 3. The highest BCUT2D eigenvalue weighted by atomic mass is 19.3. The summed E-state index contributed by atoms with van der Waals surface area (Å²) in [5.41, 5.74) is 5.31. The summed E-state index contributed by atoms with van der Waals surface area (Å²) in [6, 6.07) is 1.75.